The first-order chi connectivity index (χ1) is 9.31. The summed E-state index contributed by atoms with van der Waals surface area (Å²) in [5.41, 5.74) is 6.59. The lowest BCUT2D eigenvalue weighted by molar-refractivity contribution is 0.414. The average Bonchev–Trinajstić information content (AvgIpc) is 2.87. The smallest absolute Gasteiger partial charge is 0.202 e. The van der Waals surface area contributed by atoms with Crippen molar-refractivity contribution in [3.8, 4) is 5.75 Å². The quantitative estimate of drug-likeness (QED) is 0.757. The highest BCUT2D eigenvalue weighted by molar-refractivity contribution is 7.09. The Labute approximate surface area is 117 Å². The number of benzene rings is 1. The molecule has 6 heteroatoms. The van der Waals surface area contributed by atoms with Gasteiger partial charge in [-0.25, -0.2) is 4.98 Å². The molecule has 0 unspecified atom stereocenters. The lowest BCUT2D eigenvalue weighted by Crippen LogP contribution is -2.08. The molecule has 0 saturated heterocycles. The van der Waals surface area contributed by atoms with Crippen LogP contribution < -0.4 is 15.8 Å². The normalized spacial score (nSPS) is 10.4. The molecule has 0 aliphatic heterocycles. The van der Waals surface area contributed by atoms with Crippen LogP contribution in [0.5, 0.6) is 5.75 Å². The number of nitrogens with two attached hydrogens (primary N) is 1. The topological polar surface area (TPSA) is 73.1 Å². The maximum Gasteiger partial charge on any atom is 0.202 e. The van der Waals surface area contributed by atoms with Crippen LogP contribution in [0.4, 0.5) is 5.13 Å². The molecule has 0 bridgehead atoms. The Morgan fingerprint density at radius 3 is 3.11 bits per heavy atom. The molecule has 5 nitrogen and oxygen atoms in total. The summed E-state index contributed by atoms with van der Waals surface area (Å²) >= 11 is 1.38. The van der Waals surface area contributed by atoms with Gasteiger partial charge in [0.25, 0.3) is 0 Å². The number of nitrogens with zero attached hydrogens (tertiary/aromatic N) is 2. The van der Waals surface area contributed by atoms with Crippen molar-refractivity contribution in [3.05, 3.63) is 35.7 Å². The van der Waals surface area contributed by atoms with Crippen molar-refractivity contribution >= 4 is 16.7 Å². The second-order valence-corrected chi connectivity index (χ2v) is 4.86. The van der Waals surface area contributed by atoms with Crippen molar-refractivity contribution in [1.82, 2.24) is 9.36 Å². The third kappa shape index (κ3) is 4.18. The molecule has 0 aliphatic rings. The molecule has 2 rings (SSSR count). The van der Waals surface area contributed by atoms with Crippen LogP contribution in [-0.2, 0) is 6.42 Å². The summed E-state index contributed by atoms with van der Waals surface area (Å²) in [6, 6.07) is 7.95. The summed E-state index contributed by atoms with van der Waals surface area (Å²) in [5, 5.41) is 4.07. The highest BCUT2D eigenvalue weighted by Crippen LogP contribution is 2.17. The van der Waals surface area contributed by atoms with Crippen molar-refractivity contribution in [2.75, 3.05) is 25.5 Å². The number of hydrogen-bond donors (Lipinski definition) is 2. The van der Waals surface area contributed by atoms with Crippen molar-refractivity contribution in [2.45, 2.75) is 12.8 Å². The Morgan fingerprint density at radius 1 is 1.42 bits per heavy atom. The first-order valence-corrected chi connectivity index (χ1v) is 6.98. The molecule has 2 aromatic rings. The predicted molar refractivity (Wildman–Crippen MR) is 77.9 cm³/mol. The molecule has 1 aromatic carbocycles. The number of anilines is 1. The Hall–Kier alpha value is -1.66. The van der Waals surface area contributed by atoms with E-state index in [9.17, 15) is 0 Å². The van der Waals surface area contributed by atoms with Crippen LogP contribution in [0.25, 0.3) is 0 Å². The highest BCUT2D eigenvalue weighted by atomic mass is 32.1. The summed E-state index contributed by atoms with van der Waals surface area (Å²) < 4.78 is 9.54. The summed E-state index contributed by atoms with van der Waals surface area (Å²) in [6.07, 6.45) is 1.65. The van der Waals surface area contributed by atoms with Crippen LogP contribution in [0.1, 0.15) is 17.8 Å². The molecule has 0 saturated carbocycles. The van der Waals surface area contributed by atoms with E-state index in [0.717, 1.165) is 35.2 Å². The van der Waals surface area contributed by atoms with Gasteiger partial charge in [-0.1, -0.05) is 12.1 Å². The summed E-state index contributed by atoms with van der Waals surface area (Å²) in [6.45, 7) is 1.52. The van der Waals surface area contributed by atoms with Crippen LogP contribution in [0.15, 0.2) is 24.3 Å². The van der Waals surface area contributed by atoms with E-state index in [1.165, 1.54) is 11.5 Å². The predicted octanol–water partition coefficient (Wildman–Crippen LogP) is 1.90. The van der Waals surface area contributed by atoms with E-state index < -0.39 is 0 Å². The van der Waals surface area contributed by atoms with Crippen LogP contribution in [0.2, 0.25) is 0 Å². The standard InChI is InChI=1S/C13H18N4OS/c1-18-11-5-2-4-10(8-11)9-12-16-13(19-17-12)15-7-3-6-14/h2,4-5,8H,3,6-7,9,14H2,1H3,(H,15,16,17). The fourth-order valence-electron chi connectivity index (χ4n) is 1.66. The second kappa shape index (κ2) is 7.06. The first-order valence-electron chi connectivity index (χ1n) is 6.21. The molecular formula is C13H18N4OS. The zero-order chi connectivity index (χ0) is 13.5. The van der Waals surface area contributed by atoms with Gasteiger partial charge >= 0.3 is 0 Å². The van der Waals surface area contributed by atoms with Crippen molar-refractivity contribution in [3.63, 3.8) is 0 Å². The lowest BCUT2D eigenvalue weighted by Gasteiger charge is -2.02. The maximum atomic E-state index is 5.44. The van der Waals surface area contributed by atoms with Crippen LogP contribution in [0, 0.1) is 0 Å². The van der Waals surface area contributed by atoms with E-state index >= 15 is 0 Å². The molecule has 1 aromatic heterocycles. The van der Waals surface area contributed by atoms with E-state index in [-0.39, 0.29) is 0 Å². The third-order valence-electron chi connectivity index (χ3n) is 2.62. The molecular weight excluding hydrogens is 260 g/mol. The highest BCUT2D eigenvalue weighted by Gasteiger charge is 2.05. The maximum absolute atomic E-state index is 5.44. The van der Waals surface area contributed by atoms with E-state index in [0.29, 0.717) is 13.0 Å². The van der Waals surface area contributed by atoms with Crippen LogP contribution in [-0.4, -0.2) is 29.6 Å². The van der Waals surface area contributed by atoms with Gasteiger partial charge in [-0.15, -0.1) is 0 Å². The van der Waals surface area contributed by atoms with Crippen molar-refractivity contribution in [2.24, 2.45) is 5.73 Å². The fourth-order valence-corrected chi connectivity index (χ4v) is 2.27. The van der Waals surface area contributed by atoms with Gasteiger partial charge in [0.2, 0.25) is 5.13 Å². The van der Waals surface area contributed by atoms with Crippen molar-refractivity contribution < 1.29 is 4.74 Å². The van der Waals surface area contributed by atoms with Gasteiger partial charge in [0.15, 0.2) is 0 Å². The van der Waals surface area contributed by atoms with Gasteiger partial charge in [-0.05, 0) is 30.7 Å². The Kier molecular flexibility index (Phi) is 5.11. The van der Waals surface area contributed by atoms with Crippen LogP contribution >= 0.6 is 11.5 Å². The first kappa shape index (κ1) is 13.8. The lowest BCUT2D eigenvalue weighted by atomic mass is 10.1. The molecule has 0 fully saturated rings. The van der Waals surface area contributed by atoms with Gasteiger partial charge in [0.05, 0.1) is 7.11 Å². The minimum Gasteiger partial charge on any atom is -0.497 e. The van der Waals surface area contributed by atoms with Gasteiger partial charge < -0.3 is 15.8 Å². The number of aromatic nitrogens is 2. The number of hydrogen-bond acceptors (Lipinski definition) is 6. The molecule has 102 valence electrons. The molecule has 0 radical (unpaired) electrons. The Bertz CT molecular complexity index is 515. The number of methoxy groups -OCH3 is 1. The van der Waals surface area contributed by atoms with E-state index in [1.807, 2.05) is 24.3 Å². The van der Waals surface area contributed by atoms with Gasteiger partial charge in [0, 0.05) is 24.5 Å². The number of rotatable bonds is 7. The monoisotopic (exact) mass is 278 g/mol. The number of nitrogens with one attached hydrogen (secondary N) is 1. The SMILES string of the molecule is COc1cccc(Cc2nsc(NCCCN)n2)c1. The van der Waals surface area contributed by atoms with E-state index in [4.69, 9.17) is 10.5 Å². The van der Waals surface area contributed by atoms with Gasteiger partial charge in [-0.2, -0.15) is 4.37 Å². The minimum absolute atomic E-state index is 0.683. The van der Waals surface area contributed by atoms with E-state index in [1.54, 1.807) is 7.11 Å². The molecule has 0 spiro atoms. The van der Waals surface area contributed by atoms with Gasteiger partial charge in [-0.3, -0.25) is 0 Å². The zero-order valence-electron chi connectivity index (χ0n) is 10.9. The minimum atomic E-state index is 0.683. The molecule has 0 atom stereocenters. The third-order valence-corrected chi connectivity index (χ3v) is 3.33. The zero-order valence-corrected chi connectivity index (χ0v) is 11.7. The second-order valence-electron chi connectivity index (χ2n) is 4.11. The molecule has 19 heavy (non-hydrogen) atoms. The molecule has 3 N–H and O–H groups in total. The summed E-state index contributed by atoms with van der Waals surface area (Å²) in [7, 11) is 1.67. The summed E-state index contributed by atoms with van der Waals surface area (Å²) in [5.74, 6) is 1.68. The molecule has 0 aliphatic carbocycles. The average molecular weight is 278 g/mol. The Morgan fingerprint density at radius 2 is 2.32 bits per heavy atom. The largest absolute Gasteiger partial charge is 0.497 e. The van der Waals surface area contributed by atoms with E-state index in [2.05, 4.69) is 14.7 Å². The number of ether oxygens (including phenoxy) is 1. The Balaban J connectivity index is 1.95. The van der Waals surface area contributed by atoms with Crippen molar-refractivity contribution in [1.29, 1.82) is 0 Å². The van der Waals surface area contributed by atoms with Crippen LogP contribution in [0.3, 0.4) is 0 Å². The molecule has 0 amide bonds. The fraction of sp³-hybridized carbons (Fsp3) is 0.385. The summed E-state index contributed by atoms with van der Waals surface area (Å²) in [4.78, 5) is 4.45. The van der Waals surface area contributed by atoms with Gasteiger partial charge in [0.1, 0.15) is 11.6 Å². The molecule has 1 heterocycles.